The Hall–Kier alpha value is -1.50. The van der Waals surface area contributed by atoms with Gasteiger partial charge in [-0.15, -0.1) is 22.7 Å². The fourth-order valence-electron chi connectivity index (χ4n) is 3.23. The van der Waals surface area contributed by atoms with Gasteiger partial charge in [-0.2, -0.15) is 0 Å². The first-order chi connectivity index (χ1) is 12.1. The number of rotatable bonds is 3. The van der Waals surface area contributed by atoms with Crippen molar-refractivity contribution >= 4 is 50.4 Å². The summed E-state index contributed by atoms with van der Waals surface area (Å²) in [7, 11) is 0. The Labute approximate surface area is 159 Å². The molecule has 7 heteroatoms. The second-order valence-corrected chi connectivity index (χ2v) is 8.91. The highest BCUT2D eigenvalue weighted by molar-refractivity contribution is 7.18. The number of halogens is 1. The largest absolute Gasteiger partial charge is 0.342 e. The predicted molar refractivity (Wildman–Crippen MR) is 104 cm³/mol. The van der Waals surface area contributed by atoms with Crippen LogP contribution in [0.3, 0.4) is 0 Å². The van der Waals surface area contributed by atoms with Gasteiger partial charge in [0.05, 0.1) is 32.3 Å². The fourth-order valence-corrected chi connectivity index (χ4v) is 5.12. The molecule has 0 aliphatic carbocycles. The number of piperidine rings is 1. The zero-order valence-corrected chi connectivity index (χ0v) is 16.3. The molecule has 1 aromatic carbocycles. The van der Waals surface area contributed by atoms with Gasteiger partial charge in [0.15, 0.2) is 0 Å². The monoisotopic (exact) mass is 391 g/mol. The molecule has 0 atom stereocenters. The number of carbonyl (C=O) groups is 1. The van der Waals surface area contributed by atoms with Crippen molar-refractivity contribution in [2.75, 3.05) is 13.1 Å². The topological polar surface area (TPSA) is 46.1 Å². The van der Waals surface area contributed by atoms with E-state index in [1.54, 1.807) is 22.7 Å². The van der Waals surface area contributed by atoms with Crippen molar-refractivity contribution in [1.82, 2.24) is 14.9 Å². The summed E-state index contributed by atoms with van der Waals surface area (Å²) in [6.07, 6.45) is 2.35. The average Bonchev–Trinajstić information content (AvgIpc) is 3.20. The number of amides is 1. The molecule has 1 aliphatic rings. The molecule has 3 aromatic rings. The number of carbonyl (C=O) groups excluding carboxylic acids is 1. The van der Waals surface area contributed by atoms with Crippen LogP contribution in [-0.4, -0.2) is 33.9 Å². The molecule has 25 heavy (non-hydrogen) atoms. The van der Waals surface area contributed by atoms with Crippen LogP contribution in [0.2, 0.25) is 5.02 Å². The smallest absolute Gasteiger partial charge is 0.228 e. The number of aryl methyl sites for hydroxylation is 1. The molecule has 0 saturated carbocycles. The van der Waals surface area contributed by atoms with E-state index < -0.39 is 0 Å². The second-order valence-electron chi connectivity index (χ2n) is 6.35. The molecule has 130 valence electrons. The molecule has 1 amide bonds. The lowest BCUT2D eigenvalue weighted by molar-refractivity contribution is -0.131. The van der Waals surface area contributed by atoms with E-state index >= 15 is 0 Å². The zero-order chi connectivity index (χ0) is 17.4. The van der Waals surface area contributed by atoms with Crippen molar-refractivity contribution in [3.8, 4) is 0 Å². The normalized spacial score (nSPS) is 15.8. The van der Waals surface area contributed by atoms with Crippen LogP contribution in [0, 0.1) is 6.92 Å². The molecule has 2 aromatic heterocycles. The van der Waals surface area contributed by atoms with Gasteiger partial charge < -0.3 is 4.90 Å². The minimum absolute atomic E-state index is 0.180. The van der Waals surface area contributed by atoms with Gasteiger partial charge in [-0.05, 0) is 38.0 Å². The molecule has 4 rings (SSSR count). The van der Waals surface area contributed by atoms with Crippen LogP contribution >= 0.6 is 34.3 Å². The maximum absolute atomic E-state index is 12.5. The number of thiazole rings is 2. The molecule has 0 unspecified atom stereocenters. The average molecular weight is 392 g/mol. The third kappa shape index (κ3) is 3.71. The summed E-state index contributed by atoms with van der Waals surface area (Å²) in [4.78, 5) is 23.6. The van der Waals surface area contributed by atoms with Crippen LogP contribution in [0.15, 0.2) is 23.6 Å². The predicted octanol–water partition coefficient (Wildman–Crippen LogP) is 4.66. The van der Waals surface area contributed by atoms with E-state index in [0.29, 0.717) is 12.3 Å². The summed E-state index contributed by atoms with van der Waals surface area (Å²) < 4.78 is 1.18. The van der Waals surface area contributed by atoms with Gasteiger partial charge in [0.2, 0.25) is 5.91 Å². The highest BCUT2D eigenvalue weighted by Crippen LogP contribution is 2.34. The molecule has 0 spiro atoms. The van der Waals surface area contributed by atoms with Gasteiger partial charge in [-0.3, -0.25) is 4.79 Å². The second kappa shape index (κ2) is 7.02. The quantitative estimate of drug-likeness (QED) is 0.652. The number of nitrogens with zero attached hydrogens (tertiary/aromatic N) is 3. The van der Waals surface area contributed by atoms with Gasteiger partial charge in [-0.25, -0.2) is 9.97 Å². The molecule has 0 radical (unpaired) electrons. The van der Waals surface area contributed by atoms with Gasteiger partial charge >= 0.3 is 0 Å². The SMILES string of the molecule is Cc1nc(CC(=O)N2CCC(c3nc4cc(Cl)ccc4s3)CC2)cs1. The van der Waals surface area contributed by atoms with Crippen molar-refractivity contribution in [3.05, 3.63) is 44.3 Å². The summed E-state index contributed by atoms with van der Waals surface area (Å²) in [6.45, 7) is 3.56. The van der Waals surface area contributed by atoms with E-state index in [1.165, 1.54) is 9.71 Å². The molecule has 3 heterocycles. The first-order valence-corrected chi connectivity index (χ1v) is 10.4. The Kier molecular flexibility index (Phi) is 4.75. The molecular formula is C18H18ClN3OS2. The third-order valence-corrected chi connectivity index (χ3v) is 6.82. The number of benzene rings is 1. The highest BCUT2D eigenvalue weighted by Gasteiger charge is 2.26. The third-order valence-electron chi connectivity index (χ3n) is 4.56. The van der Waals surface area contributed by atoms with Crippen LogP contribution in [-0.2, 0) is 11.2 Å². The number of hydrogen-bond acceptors (Lipinski definition) is 5. The van der Waals surface area contributed by atoms with E-state index in [4.69, 9.17) is 16.6 Å². The minimum Gasteiger partial charge on any atom is -0.342 e. The van der Waals surface area contributed by atoms with Crippen LogP contribution < -0.4 is 0 Å². The summed E-state index contributed by atoms with van der Waals surface area (Å²) in [6, 6.07) is 5.87. The molecule has 1 fully saturated rings. The van der Waals surface area contributed by atoms with E-state index in [1.807, 2.05) is 35.4 Å². The van der Waals surface area contributed by atoms with Crippen LogP contribution in [0.1, 0.15) is 34.5 Å². The number of aromatic nitrogens is 2. The summed E-state index contributed by atoms with van der Waals surface area (Å²) in [5, 5.41) is 4.88. The molecule has 4 nitrogen and oxygen atoms in total. The first kappa shape index (κ1) is 16.9. The maximum atomic E-state index is 12.5. The molecule has 0 N–H and O–H groups in total. The van der Waals surface area contributed by atoms with Crippen LogP contribution in [0.4, 0.5) is 0 Å². The van der Waals surface area contributed by atoms with Gasteiger partial charge in [-0.1, -0.05) is 11.6 Å². The van der Waals surface area contributed by atoms with Crippen molar-refractivity contribution < 1.29 is 4.79 Å². The minimum atomic E-state index is 0.180. The molecule has 1 saturated heterocycles. The van der Waals surface area contributed by atoms with Gasteiger partial charge in [0.1, 0.15) is 0 Å². The van der Waals surface area contributed by atoms with Crippen LogP contribution in [0.5, 0.6) is 0 Å². The highest BCUT2D eigenvalue weighted by atomic mass is 35.5. The number of likely N-dealkylation sites (tertiary alicyclic amines) is 1. The van der Waals surface area contributed by atoms with Crippen molar-refractivity contribution in [2.24, 2.45) is 0 Å². The molecule has 0 bridgehead atoms. The molecule has 1 aliphatic heterocycles. The Morgan fingerprint density at radius 2 is 2.12 bits per heavy atom. The Balaban J connectivity index is 1.39. The lowest BCUT2D eigenvalue weighted by atomic mass is 9.97. The summed E-state index contributed by atoms with van der Waals surface area (Å²) >= 11 is 9.39. The zero-order valence-electron chi connectivity index (χ0n) is 13.9. The first-order valence-electron chi connectivity index (χ1n) is 8.33. The van der Waals surface area contributed by atoms with E-state index in [2.05, 4.69) is 4.98 Å². The van der Waals surface area contributed by atoms with Crippen molar-refractivity contribution in [3.63, 3.8) is 0 Å². The summed E-state index contributed by atoms with van der Waals surface area (Å²) in [5.41, 5.74) is 1.86. The standard InChI is InChI=1S/C18H18ClN3OS2/c1-11-20-14(10-24-11)9-17(23)22-6-4-12(5-7-22)18-21-15-8-13(19)2-3-16(15)25-18/h2-3,8,10,12H,4-7,9H2,1H3. The number of hydrogen-bond donors (Lipinski definition) is 0. The fraction of sp³-hybridized carbons (Fsp3) is 0.389. The van der Waals surface area contributed by atoms with Gasteiger partial charge in [0, 0.05) is 29.4 Å². The number of fused-ring (bicyclic) bond motifs is 1. The van der Waals surface area contributed by atoms with Gasteiger partial charge in [0.25, 0.3) is 0 Å². The van der Waals surface area contributed by atoms with E-state index in [-0.39, 0.29) is 5.91 Å². The maximum Gasteiger partial charge on any atom is 0.228 e. The van der Waals surface area contributed by atoms with Crippen molar-refractivity contribution in [1.29, 1.82) is 0 Å². The molecular weight excluding hydrogens is 374 g/mol. The van der Waals surface area contributed by atoms with Crippen LogP contribution in [0.25, 0.3) is 10.2 Å². The lowest BCUT2D eigenvalue weighted by Crippen LogP contribution is -2.38. The van der Waals surface area contributed by atoms with E-state index in [0.717, 1.165) is 47.2 Å². The Morgan fingerprint density at radius 3 is 2.84 bits per heavy atom. The summed E-state index contributed by atoms with van der Waals surface area (Å²) in [5.74, 6) is 0.613. The van der Waals surface area contributed by atoms with Crippen molar-refractivity contribution in [2.45, 2.75) is 32.1 Å². The lowest BCUT2D eigenvalue weighted by Gasteiger charge is -2.31. The van der Waals surface area contributed by atoms with E-state index in [9.17, 15) is 4.79 Å². The Bertz CT molecular complexity index is 912. The Morgan fingerprint density at radius 1 is 1.32 bits per heavy atom.